The van der Waals surface area contributed by atoms with Crippen LogP contribution in [-0.2, 0) is 11.3 Å². The molecule has 0 spiro atoms. The van der Waals surface area contributed by atoms with Crippen molar-refractivity contribution in [3.05, 3.63) is 59.7 Å². The summed E-state index contributed by atoms with van der Waals surface area (Å²) in [5, 5.41) is 11.8. The Balaban J connectivity index is 1.66. The average molecular weight is 349 g/mol. The molecule has 1 N–H and O–H groups in total. The summed E-state index contributed by atoms with van der Waals surface area (Å²) in [5.41, 5.74) is 2.45. The lowest BCUT2D eigenvalue weighted by Gasteiger charge is -2.28. The van der Waals surface area contributed by atoms with Crippen LogP contribution in [0.4, 0.5) is 5.69 Å². The van der Waals surface area contributed by atoms with Crippen molar-refractivity contribution in [1.29, 1.82) is 5.26 Å². The van der Waals surface area contributed by atoms with Crippen molar-refractivity contribution in [3.63, 3.8) is 0 Å². The zero-order chi connectivity index (χ0) is 18.5. The van der Waals surface area contributed by atoms with E-state index in [0.29, 0.717) is 17.3 Å². The summed E-state index contributed by atoms with van der Waals surface area (Å²) in [5.74, 6) is 0.799. The second-order valence-electron chi connectivity index (χ2n) is 6.61. The predicted molar refractivity (Wildman–Crippen MR) is 101 cm³/mol. The lowest BCUT2D eigenvalue weighted by atomic mass is 10.1. The van der Waals surface area contributed by atoms with Crippen molar-refractivity contribution in [1.82, 2.24) is 4.90 Å². The fourth-order valence-corrected chi connectivity index (χ4v) is 2.96. The third kappa shape index (κ3) is 4.41. The summed E-state index contributed by atoms with van der Waals surface area (Å²) in [6.07, 6.45) is 2.26. The third-order valence-corrected chi connectivity index (χ3v) is 4.70. The van der Waals surface area contributed by atoms with Crippen molar-refractivity contribution >= 4 is 11.6 Å². The van der Waals surface area contributed by atoms with E-state index in [1.807, 2.05) is 31.2 Å². The van der Waals surface area contributed by atoms with Crippen LogP contribution in [0.2, 0.25) is 0 Å². The Morgan fingerprint density at radius 1 is 1.23 bits per heavy atom. The normalized spacial score (nSPS) is 14.5. The number of hydrogen-bond donors (Lipinski definition) is 1. The maximum atomic E-state index is 12.7. The summed E-state index contributed by atoms with van der Waals surface area (Å²) in [7, 11) is 1.65. The van der Waals surface area contributed by atoms with Crippen LogP contribution >= 0.6 is 0 Å². The molecule has 1 aliphatic carbocycles. The second-order valence-corrected chi connectivity index (χ2v) is 6.61. The van der Waals surface area contributed by atoms with Crippen molar-refractivity contribution in [3.8, 4) is 11.8 Å². The molecule has 134 valence electrons. The molecule has 3 rings (SSSR count). The highest BCUT2D eigenvalue weighted by atomic mass is 16.5. The van der Waals surface area contributed by atoms with Crippen LogP contribution in [0.25, 0.3) is 0 Å². The van der Waals surface area contributed by atoms with Crippen LogP contribution < -0.4 is 10.1 Å². The Bertz CT molecular complexity index is 790. The number of nitriles is 1. The number of nitrogens with zero attached hydrogens (tertiary/aromatic N) is 2. The van der Waals surface area contributed by atoms with E-state index in [0.717, 1.165) is 30.7 Å². The smallest absolute Gasteiger partial charge is 0.241 e. The highest BCUT2D eigenvalue weighted by Crippen LogP contribution is 2.31. The summed E-state index contributed by atoms with van der Waals surface area (Å²) in [6.45, 7) is 2.68. The van der Waals surface area contributed by atoms with Crippen LogP contribution in [-0.4, -0.2) is 30.0 Å². The summed E-state index contributed by atoms with van der Waals surface area (Å²) >= 11 is 0. The zero-order valence-electron chi connectivity index (χ0n) is 15.1. The van der Waals surface area contributed by atoms with Crippen LogP contribution in [0, 0.1) is 11.3 Å². The summed E-state index contributed by atoms with van der Waals surface area (Å²) < 4.78 is 5.20. The molecule has 0 unspecified atom stereocenters. The van der Waals surface area contributed by atoms with Gasteiger partial charge in [-0.3, -0.25) is 9.69 Å². The van der Waals surface area contributed by atoms with Gasteiger partial charge in [0.1, 0.15) is 5.75 Å². The highest BCUT2D eigenvalue weighted by molar-refractivity contribution is 5.94. The number of methoxy groups -OCH3 is 1. The first-order chi connectivity index (χ1) is 12.6. The number of amides is 1. The van der Waals surface area contributed by atoms with Gasteiger partial charge in [0.15, 0.2) is 0 Å². The molecule has 5 nitrogen and oxygen atoms in total. The summed E-state index contributed by atoms with van der Waals surface area (Å²) in [6, 6.07) is 17.2. The Hall–Kier alpha value is -2.84. The van der Waals surface area contributed by atoms with Gasteiger partial charge >= 0.3 is 0 Å². The van der Waals surface area contributed by atoms with E-state index in [-0.39, 0.29) is 11.9 Å². The molecule has 1 aliphatic rings. The van der Waals surface area contributed by atoms with Gasteiger partial charge in [0.05, 0.1) is 24.8 Å². The van der Waals surface area contributed by atoms with Crippen molar-refractivity contribution in [2.24, 2.45) is 0 Å². The molecule has 0 aromatic heterocycles. The van der Waals surface area contributed by atoms with Crippen molar-refractivity contribution in [2.75, 3.05) is 12.4 Å². The molecular formula is C21H23N3O2. The molecule has 2 aromatic rings. The maximum absolute atomic E-state index is 12.7. The molecule has 1 atom stereocenters. The van der Waals surface area contributed by atoms with Gasteiger partial charge in [0.2, 0.25) is 5.91 Å². The molecule has 5 heteroatoms. The number of ether oxygens (including phenoxy) is 1. The molecule has 2 aromatic carbocycles. The lowest BCUT2D eigenvalue weighted by Crippen LogP contribution is -2.42. The molecule has 0 saturated heterocycles. The van der Waals surface area contributed by atoms with Crippen molar-refractivity contribution in [2.45, 2.75) is 38.4 Å². The van der Waals surface area contributed by atoms with E-state index in [9.17, 15) is 4.79 Å². The van der Waals surface area contributed by atoms with Gasteiger partial charge in [-0.1, -0.05) is 12.1 Å². The molecule has 0 aliphatic heterocycles. The van der Waals surface area contributed by atoms with Gasteiger partial charge in [-0.25, -0.2) is 0 Å². The number of carbonyl (C=O) groups is 1. The van der Waals surface area contributed by atoms with Gasteiger partial charge in [-0.05, 0) is 61.7 Å². The molecule has 0 bridgehead atoms. The first-order valence-electron chi connectivity index (χ1n) is 8.80. The third-order valence-electron chi connectivity index (χ3n) is 4.70. The van der Waals surface area contributed by atoms with Gasteiger partial charge in [0.25, 0.3) is 0 Å². The first kappa shape index (κ1) is 18.0. The van der Waals surface area contributed by atoms with Crippen LogP contribution in [0.1, 0.15) is 30.9 Å². The quantitative estimate of drug-likeness (QED) is 0.830. The SMILES string of the molecule is COc1ccc(CN(C2CC2)[C@H](C)C(=O)Nc2ccc(C#N)cc2)cc1. The summed E-state index contributed by atoms with van der Waals surface area (Å²) in [4.78, 5) is 14.9. The van der Waals surface area contributed by atoms with Gasteiger partial charge in [-0.15, -0.1) is 0 Å². The Morgan fingerprint density at radius 3 is 2.42 bits per heavy atom. The molecular weight excluding hydrogens is 326 g/mol. The fraction of sp³-hybridized carbons (Fsp3) is 0.333. The fourth-order valence-electron chi connectivity index (χ4n) is 2.96. The van der Waals surface area contributed by atoms with Crippen molar-refractivity contribution < 1.29 is 9.53 Å². The Kier molecular flexibility index (Phi) is 5.55. The maximum Gasteiger partial charge on any atom is 0.241 e. The second kappa shape index (κ2) is 8.03. The lowest BCUT2D eigenvalue weighted by molar-refractivity contribution is -0.121. The van der Waals surface area contributed by atoms with Crippen LogP contribution in [0.5, 0.6) is 5.75 Å². The number of benzene rings is 2. The molecule has 1 saturated carbocycles. The highest BCUT2D eigenvalue weighted by Gasteiger charge is 2.35. The average Bonchev–Trinajstić information content (AvgIpc) is 3.51. The molecule has 1 amide bonds. The minimum atomic E-state index is -0.236. The monoisotopic (exact) mass is 349 g/mol. The largest absolute Gasteiger partial charge is 0.497 e. The molecule has 1 fully saturated rings. The Morgan fingerprint density at radius 2 is 1.88 bits per heavy atom. The predicted octanol–water partition coefficient (Wildman–Crippen LogP) is 3.56. The number of nitrogens with one attached hydrogen (secondary N) is 1. The van der Waals surface area contributed by atoms with E-state index in [4.69, 9.17) is 10.00 Å². The number of rotatable bonds is 7. The van der Waals surface area contributed by atoms with E-state index in [1.165, 1.54) is 0 Å². The van der Waals surface area contributed by atoms with E-state index >= 15 is 0 Å². The zero-order valence-corrected chi connectivity index (χ0v) is 15.1. The molecule has 0 heterocycles. The topological polar surface area (TPSA) is 65.4 Å². The number of hydrogen-bond acceptors (Lipinski definition) is 4. The molecule has 26 heavy (non-hydrogen) atoms. The van der Waals surface area contributed by atoms with E-state index < -0.39 is 0 Å². The molecule has 0 radical (unpaired) electrons. The van der Waals surface area contributed by atoms with Crippen LogP contribution in [0.15, 0.2) is 48.5 Å². The van der Waals surface area contributed by atoms with Crippen LogP contribution in [0.3, 0.4) is 0 Å². The Labute approximate surface area is 154 Å². The van der Waals surface area contributed by atoms with E-state index in [2.05, 4.69) is 16.3 Å². The van der Waals surface area contributed by atoms with Gasteiger partial charge < -0.3 is 10.1 Å². The first-order valence-corrected chi connectivity index (χ1v) is 8.80. The minimum Gasteiger partial charge on any atom is -0.497 e. The standard InChI is InChI=1S/C21H23N3O2/c1-15(21(25)23-18-7-3-16(13-22)4-8-18)24(19-9-10-19)14-17-5-11-20(26-2)12-6-17/h3-8,11-12,15,19H,9-10,14H2,1-2H3,(H,23,25)/t15-/m1/s1. The van der Waals surface area contributed by atoms with Gasteiger partial charge in [0, 0.05) is 18.3 Å². The number of anilines is 1. The number of carbonyl (C=O) groups excluding carboxylic acids is 1. The van der Waals surface area contributed by atoms with Gasteiger partial charge in [-0.2, -0.15) is 5.26 Å². The minimum absolute atomic E-state index is 0.0323. The van der Waals surface area contributed by atoms with E-state index in [1.54, 1.807) is 31.4 Å².